The summed E-state index contributed by atoms with van der Waals surface area (Å²) in [5.41, 5.74) is -1.31. The maximum absolute atomic E-state index is 12.8. The fourth-order valence-corrected chi connectivity index (χ4v) is 6.98. The van der Waals surface area contributed by atoms with Gasteiger partial charge in [0.2, 0.25) is 10.0 Å². The number of carbonyl (C=O) groups is 1. The zero-order valence-electron chi connectivity index (χ0n) is 11.2. The Balaban J connectivity index is 2.54. The number of carboxylic acid groups (broad SMARTS) is 1. The largest absolute Gasteiger partial charge is 0.480 e. The van der Waals surface area contributed by atoms with Gasteiger partial charge >= 0.3 is 5.97 Å². The van der Waals surface area contributed by atoms with Crippen LogP contribution in [-0.2, 0) is 14.8 Å². The molecular formula is C12H16BrNO4S2. The van der Waals surface area contributed by atoms with E-state index in [-0.39, 0.29) is 17.9 Å². The van der Waals surface area contributed by atoms with Crippen molar-refractivity contribution in [3.05, 3.63) is 14.7 Å². The van der Waals surface area contributed by atoms with Gasteiger partial charge in [0, 0.05) is 11.4 Å². The van der Waals surface area contributed by atoms with Crippen molar-refractivity contribution in [1.29, 1.82) is 0 Å². The molecule has 0 spiro atoms. The molecule has 0 radical (unpaired) electrons. The van der Waals surface area contributed by atoms with Crippen LogP contribution in [-0.4, -0.2) is 35.9 Å². The molecule has 1 unspecified atom stereocenters. The van der Waals surface area contributed by atoms with Crippen LogP contribution in [0.3, 0.4) is 0 Å². The minimum absolute atomic E-state index is 0.204. The second-order valence-electron chi connectivity index (χ2n) is 4.84. The maximum Gasteiger partial charge on any atom is 0.325 e. The van der Waals surface area contributed by atoms with Gasteiger partial charge in [-0.15, -0.1) is 11.3 Å². The van der Waals surface area contributed by atoms with Gasteiger partial charge in [-0.3, -0.25) is 4.79 Å². The average Bonchev–Trinajstić information content (AvgIpc) is 2.93. The summed E-state index contributed by atoms with van der Waals surface area (Å²) in [7, 11) is -3.78. The molecule has 0 amide bonds. The molecule has 1 saturated heterocycles. The van der Waals surface area contributed by atoms with E-state index in [0.29, 0.717) is 17.7 Å². The Morgan fingerprint density at radius 2 is 2.25 bits per heavy atom. The highest BCUT2D eigenvalue weighted by Gasteiger charge is 2.52. The van der Waals surface area contributed by atoms with Crippen molar-refractivity contribution >= 4 is 43.3 Å². The Labute approximate surface area is 130 Å². The van der Waals surface area contributed by atoms with Gasteiger partial charge in [-0.1, -0.05) is 6.92 Å². The monoisotopic (exact) mass is 381 g/mol. The number of carboxylic acids is 1. The van der Waals surface area contributed by atoms with Crippen molar-refractivity contribution in [2.75, 3.05) is 6.54 Å². The van der Waals surface area contributed by atoms with E-state index in [1.165, 1.54) is 15.6 Å². The summed E-state index contributed by atoms with van der Waals surface area (Å²) in [5, 5.41) is 9.51. The van der Waals surface area contributed by atoms with E-state index in [4.69, 9.17) is 0 Å². The molecule has 0 saturated carbocycles. The molecule has 0 bridgehead atoms. The molecule has 112 valence electrons. The summed E-state index contributed by atoms with van der Waals surface area (Å²) < 4.78 is 27.5. The van der Waals surface area contributed by atoms with Crippen molar-refractivity contribution < 1.29 is 18.3 Å². The molecule has 1 N–H and O–H groups in total. The lowest BCUT2D eigenvalue weighted by atomic mass is 9.95. The zero-order valence-corrected chi connectivity index (χ0v) is 14.4. The van der Waals surface area contributed by atoms with Crippen LogP contribution in [0.1, 0.15) is 31.1 Å². The topological polar surface area (TPSA) is 74.7 Å². The van der Waals surface area contributed by atoms with E-state index in [1.807, 2.05) is 0 Å². The molecule has 5 nitrogen and oxygen atoms in total. The van der Waals surface area contributed by atoms with E-state index in [9.17, 15) is 18.3 Å². The first-order valence-electron chi connectivity index (χ1n) is 6.28. The van der Waals surface area contributed by atoms with Crippen LogP contribution in [0, 0.1) is 6.92 Å². The molecule has 20 heavy (non-hydrogen) atoms. The number of rotatable bonds is 4. The van der Waals surface area contributed by atoms with Crippen LogP contribution in [0.2, 0.25) is 0 Å². The highest BCUT2D eigenvalue weighted by molar-refractivity contribution is 9.11. The molecule has 1 aromatic heterocycles. The molecule has 2 heterocycles. The lowest BCUT2D eigenvalue weighted by molar-refractivity contribution is -0.147. The smallest absolute Gasteiger partial charge is 0.325 e. The number of hydrogen-bond acceptors (Lipinski definition) is 4. The first kappa shape index (κ1) is 15.9. The van der Waals surface area contributed by atoms with Gasteiger partial charge in [-0.05, 0) is 48.2 Å². The van der Waals surface area contributed by atoms with Gasteiger partial charge in [-0.2, -0.15) is 4.31 Å². The van der Waals surface area contributed by atoms with Crippen molar-refractivity contribution in [2.45, 2.75) is 43.5 Å². The summed E-state index contributed by atoms with van der Waals surface area (Å²) in [6.45, 7) is 3.71. The van der Waals surface area contributed by atoms with Gasteiger partial charge < -0.3 is 5.11 Å². The SMILES string of the molecule is CCC1(C(=O)O)CCCN1S(=O)(=O)c1cc(Br)sc1C. The molecule has 0 aliphatic carbocycles. The number of aryl methyl sites for hydroxylation is 1. The molecule has 1 aliphatic heterocycles. The summed E-state index contributed by atoms with van der Waals surface area (Å²) in [6, 6.07) is 1.55. The van der Waals surface area contributed by atoms with Crippen molar-refractivity contribution in [2.24, 2.45) is 0 Å². The molecule has 1 atom stereocenters. The van der Waals surface area contributed by atoms with Crippen LogP contribution in [0.4, 0.5) is 0 Å². The van der Waals surface area contributed by atoms with Crippen LogP contribution in [0.15, 0.2) is 14.7 Å². The molecular weight excluding hydrogens is 366 g/mol. The lowest BCUT2D eigenvalue weighted by Crippen LogP contribution is -2.52. The molecule has 1 aromatic rings. The van der Waals surface area contributed by atoms with Crippen LogP contribution in [0.25, 0.3) is 0 Å². The van der Waals surface area contributed by atoms with Crippen LogP contribution < -0.4 is 0 Å². The first-order valence-corrected chi connectivity index (χ1v) is 9.33. The summed E-state index contributed by atoms with van der Waals surface area (Å²) in [6.07, 6.45) is 1.21. The fraction of sp³-hybridized carbons (Fsp3) is 0.583. The van der Waals surface area contributed by atoms with E-state index >= 15 is 0 Å². The Bertz CT molecular complexity index is 640. The van der Waals surface area contributed by atoms with Gasteiger partial charge in [0.15, 0.2) is 0 Å². The zero-order chi connectivity index (χ0) is 15.1. The number of halogens is 1. The third-order valence-corrected chi connectivity index (χ3v) is 7.60. The van der Waals surface area contributed by atoms with Gasteiger partial charge in [0.05, 0.1) is 8.68 Å². The quantitative estimate of drug-likeness (QED) is 0.869. The molecule has 8 heteroatoms. The number of sulfonamides is 1. The Kier molecular flexibility index (Phi) is 4.30. The van der Waals surface area contributed by atoms with E-state index < -0.39 is 21.5 Å². The molecule has 2 rings (SSSR count). The maximum atomic E-state index is 12.8. The Hall–Kier alpha value is -0.440. The third-order valence-electron chi connectivity index (χ3n) is 3.82. The lowest BCUT2D eigenvalue weighted by Gasteiger charge is -2.32. The highest BCUT2D eigenvalue weighted by atomic mass is 79.9. The number of nitrogens with zero attached hydrogens (tertiary/aromatic N) is 1. The summed E-state index contributed by atoms with van der Waals surface area (Å²) in [5.74, 6) is -1.06. The van der Waals surface area contributed by atoms with Crippen molar-refractivity contribution in [3.63, 3.8) is 0 Å². The Morgan fingerprint density at radius 1 is 1.60 bits per heavy atom. The van der Waals surface area contributed by atoms with Gasteiger partial charge in [0.1, 0.15) is 5.54 Å². The fourth-order valence-electron chi connectivity index (χ4n) is 2.73. The number of aliphatic carboxylic acids is 1. The first-order chi connectivity index (χ1) is 9.25. The Morgan fingerprint density at radius 3 is 2.70 bits per heavy atom. The number of thiophene rings is 1. The predicted octanol–water partition coefficient (Wildman–Crippen LogP) is 2.84. The summed E-state index contributed by atoms with van der Waals surface area (Å²) >= 11 is 4.61. The molecule has 0 aromatic carbocycles. The highest BCUT2D eigenvalue weighted by Crippen LogP contribution is 2.40. The van der Waals surface area contributed by atoms with E-state index in [0.717, 1.165) is 3.79 Å². The second-order valence-corrected chi connectivity index (χ2v) is 9.31. The minimum atomic E-state index is -3.78. The second kappa shape index (κ2) is 5.40. The summed E-state index contributed by atoms with van der Waals surface area (Å²) in [4.78, 5) is 12.5. The third kappa shape index (κ3) is 2.32. The van der Waals surface area contributed by atoms with E-state index in [2.05, 4.69) is 15.9 Å². The normalized spacial score (nSPS) is 24.1. The van der Waals surface area contributed by atoms with E-state index in [1.54, 1.807) is 19.9 Å². The molecule has 1 aliphatic rings. The molecule has 1 fully saturated rings. The predicted molar refractivity (Wildman–Crippen MR) is 80.5 cm³/mol. The number of hydrogen-bond donors (Lipinski definition) is 1. The minimum Gasteiger partial charge on any atom is -0.480 e. The average molecular weight is 382 g/mol. The standard InChI is InChI=1S/C12H16BrNO4S2/c1-3-12(11(15)16)5-4-6-14(12)20(17,18)9-7-10(13)19-8(9)2/h7H,3-6H2,1-2H3,(H,15,16). The van der Waals surface area contributed by atoms with Gasteiger partial charge in [-0.25, -0.2) is 8.42 Å². The van der Waals surface area contributed by atoms with Crippen molar-refractivity contribution in [1.82, 2.24) is 4.31 Å². The van der Waals surface area contributed by atoms with Gasteiger partial charge in [0.25, 0.3) is 0 Å². The van der Waals surface area contributed by atoms with Crippen LogP contribution in [0.5, 0.6) is 0 Å². The van der Waals surface area contributed by atoms with Crippen LogP contribution >= 0.6 is 27.3 Å². The van der Waals surface area contributed by atoms with Crippen molar-refractivity contribution in [3.8, 4) is 0 Å².